The van der Waals surface area contributed by atoms with Gasteiger partial charge in [-0.1, -0.05) is 18.2 Å². The monoisotopic (exact) mass is 192 g/mol. The number of carbonyl (C=O) groups excluding carboxylic acids is 1. The van der Waals surface area contributed by atoms with Crippen LogP contribution in [0.15, 0.2) is 11.6 Å². The Bertz CT molecular complexity index is 193. The number of rotatable bonds is 2. The van der Waals surface area contributed by atoms with Crippen LogP contribution in [0.25, 0.3) is 0 Å². The van der Waals surface area contributed by atoms with Crippen LogP contribution in [-0.2, 0) is 4.79 Å². The maximum Gasteiger partial charge on any atom is 0.222 e. The molecular weight excluding hydrogens is 184 g/mol. The number of nitrogens with one attached hydrogen (secondary N) is 2. The van der Waals surface area contributed by atoms with Gasteiger partial charge in [0.2, 0.25) is 5.91 Å². The van der Waals surface area contributed by atoms with Gasteiger partial charge in [-0.05, 0) is 12.2 Å². The van der Waals surface area contributed by atoms with Crippen LogP contribution in [0.1, 0.15) is 6.92 Å². The molecular formula is C6H9ClN2OS. The molecule has 0 saturated heterocycles. The molecule has 5 heteroatoms. The molecule has 0 aromatic rings. The molecule has 0 unspecified atom stereocenters. The Balaban J connectivity index is 3.53. The number of carbonyl (C=O) groups is 1. The molecule has 62 valence electrons. The lowest BCUT2D eigenvalue weighted by Gasteiger charge is -2.05. The van der Waals surface area contributed by atoms with Crippen LogP contribution in [0.4, 0.5) is 0 Å². The van der Waals surface area contributed by atoms with E-state index in [0.29, 0.717) is 11.6 Å². The largest absolute Gasteiger partial charge is 0.357 e. The number of hydrogen-bond donors (Lipinski definition) is 2. The molecule has 0 saturated carbocycles. The Labute approximate surface area is 75.8 Å². The second-order valence-electron chi connectivity index (χ2n) is 1.88. The van der Waals surface area contributed by atoms with Crippen LogP contribution in [0, 0.1) is 0 Å². The molecule has 3 nitrogen and oxygen atoms in total. The minimum Gasteiger partial charge on any atom is -0.357 e. The second kappa shape index (κ2) is 5.09. The van der Waals surface area contributed by atoms with Gasteiger partial charge in [0.1, 0.15) is 0 Å². The lowest BCUT2D eigenvalue weighted by Crippen LogP contribution is -2.38. The summed E-state index contributed by atoms with van der Waals surface area (Å²) in [6.07, 6.45) is 0. The van der Waals surface area contributed by atoms with Gasteiger partial charge in [0.05, 0.1) is 6.54 Å². The van der Waals surface area contributed by atoms with Crippen LogP contribution in [0.3, 0.4) is 0 Å². The predicted octanol–water partition coefficient (Wildman–Crippen LogP) is 0.749. The summed E-state index contributed by atoms with van der Waals surface area (Å²) >= 11 is 10.1. The zero-order valence-corrected chi connectivity index (χ0v) is 7.68. The molecule has 0 atom stereocenters. The number of thiocarbonyl (C=S) groups is 1. The van der Waals surface area contributed by atoms with Crippen molar-refractivity contribution in [3.63, 3.8) is 0 Å². The quantitative estimate of drug-likeness (QED) is 0.635. The van der Waals surface area contributed by atoms with Crippen molar-refractivity contribution >= 4 is 34.8 Å². The van der Waals surface area contributed by atoms with E-state index in [9.17, 15) is 4.79 Å². The lowest BCUT2D eigenvalue weighted by atomic mass is 10.6. The van der Waals surface area contributed by atoms with Gasteiger partial charge in [-0.25, -0.2) is 0 Å². The topological polar surface area (TPSA) is 41.1 Å². The molecule has 2 N–H and O–H groups in total. The van der Waals surface area contributed by atoms with E-state index < -0.39 is 0 Å². The van der Waals surface area contributed by atoms with E-state index in [2.05, 4.69) is 17.2 Å². The molecule has 1 amide bonds. The van der Waals surface area contributed by atoms with E-state index in [1.165, 1.54) is 6.92 Å². The summed E-state index contributed by atoms with van der Waals surface area (Å²) in [5.41, 5.74) is 0. The van der Waals surface area contributed by atoms with Crippen molar-refractivity contribution in [2.45, 2.75) is 6.92 Å². The van der Waals surface area contributed by atoms with Crippen molar-refractivity contribution in [1.82, 2.24) is 10.6 Å². The average molecular weight is 193 g/mol. The highest BCUT2D eigenvalue weighted by atomic mass is 35.5. The summed E-state index contributed by atoms with van der Waals surface area (Å²) in [4.78, 5) is 10.4. The van der Waals surface area contributed by atoms with Gasteiger partial charge in [0.15, 0.2) is 5.11 Å². The first kappa shape index (κ1) is 10.4. The molecule has 0 aliphatic rings. The third-order valence-electron chi connectivity index (χ3n) is 0.730. The molecule has 0 bridgehead atoms. The fraction of sp³-hybridized carbons (Fsp3) is 0.333. The van der Waals surface area contributed by atoms with Crippen LogP contribution in [-0.4, -0.2) is 17.6 Å². The zero-order valence-electron chi connectivity index (χ0n) is 6.11. The Hall–Kier alpha value is -0.610. The van der Waals surface area contributed by atoms with Gasteiger partial charge in [0.25, 0.3) is 0 Å². The van der Waals surface area contributed by atoms with Gasteiger partial charge < -0.3 is 10.6 Å². The Morgan fingerprint density at radius 3 is 2.64 bits per heavy atom. The molecule has 0 spiro atoms. The van der Waals surface area contributed by atoms with Crippen molar-refractivity contribution in [2.24, 2.45) is 0 Å². The fourth-order valence-electron chi connectivity index (χ4n) is 0.380. The minimum atomic E-state index is -0.206. The molecule has 0 fully saturated rings. The molecule has 0 radical (unpaired) electrons. The SMILES string of the molecule is C=C(Cl)CNC(=S)NC(C)=O. The van der Waals surface area contributed by atoms with Gasteiger partial charge >= 0.3 is 0 Å². The summed E-state index contributed by atoms with van der Waals surface area (Å²) in [5.74, 6) is -0.206. The minimum absolute atomic E-state index is 0.206. The Kier molecular flexibility index (Phi) is 4.81. The van der Waals surface area contributed by atoms with E-state index in [1.54, 1.807) is 0 Å². The van der Waals surface area contributed by atoms with E-state index in [0.717, 1.165) is 0 Å². The lowest BCUT2D eigenvalue weighted by molar-refractivity contribution is -0.117. The van der Waals surface area contributed by atoms with Gasteiger partial charge in [0, 0.05) is 12.0 Å². The highest BCUT2D eigenvalue weighted by Crippen LogP contribution is 1.91. The Morgan fingerprint density at radius 2 is 2.27 bits per heavy atom. The van der Waals surface area contributed by atoms with E-state index in [1.807, 2.05) is 0 Å². The molecule has 0 aromatic carbocycles. The van der Waals surface area contributed by atoms with Crippen LogP contribution in [0.5, 0.6) is 0 Å². The first-order valence-corrected chi connectivity index (χ1v) is 3.69. The van der Waals surface area contributed by atoms with E-state index >= 15 is 0 Å². The highest BCUT2D eigenvalue weighted by molar-refractivity contribution is 7.80. The number of halogens is 1. The van der Waals surface area contributed by atoms with Crippen LogP contribution < -0.4 is 10.6 Å². The van der Waals surface area contributed by atoms with Crippen LogP contribution in [0.2, 0.25) is 0 Å². The van der Waals surface area contributed by atoms with Crippen molar-refractivity contribution in [2.75, 3.05) is 6.54 Å². The van der Waals surface area contributed by atoms with Crippen molar-refractivity contribution in [3.05, 3.63) is 11.6 Å². The van der Waals surface area contributed by atoms with Gasteiger partial charge in [-0.15, -0.1) is 0 Å². The number of amides is 1. The molecule has 0 aliphatic carbocycles. The summed E-state index contributed by atoms with van der Waals surface area (Å²) in [5, 5.41) is 5.77. The van der Waals surface area contributed by atoms with Gasteiger partial charge in [-0.2, -0.15) is 0 Å². The molecule has 0 rings (SSSR count). The summed E-state index contributed by atoms with van der Waals surface area (Å²) in [6, 6.07) is 0. The molecule has 11 heavy (non-hydrogen) atoms. The predicted molar refractivity (Wildman–Crippen MR) is 49.4 cm³/mol. The first-order chi connectivity index (χ1) is 5.02. The smallest absolute Gasteiger partial charge is 0.222 e. The first-order valence-electron chi connectivity index (χ1n) is 2.91. The fourth-order valence-corrected chi connectivity index (χ4v) is 0.663. The van der Waals surface area contributed by atoms with Crippen molar-refractivity contribution in [3.8, 4) is 0 Å². The van der Waals surface area contributed by atoms with Crippen LogP contribution >= 0.6 is 23.8 Å². The summed E-state index contributed by atoms with van der Waals surface area (Å²) < 4.78 is 0. The third kappa shape index (κ3) is 7.29. The second-order valence-corrected chi connectivity index (χ2v) is 2.82. The summed E-state index contributed by atoms with van der Waals surface area (Å²) in [6.45, 7) is 5.18. The third-order valence-corrected chi connectivity index (χ3v) is 1.11. The Morgan fingerprint density at radius 1 is 1.73 bits per heavy atom. The highest BCUT2D eigenvalue weighted by Gasteiger charge is 1.96. The average Bonchev–Trinajstić information content (AvgIpc) is 1.82. The standard InChI is InChI=1S/C6H9ClN2OS/c1-4(7)3-8-6(11)9-5(2)10/h1,3H2,2H3,(H2,8,9,10,11). The van der Waals surface area contributed by atoms with E-state index in [-0.39, 0.29) is 11.0 Å². The number of hydrogen-bond acceptors (Lipinski definition) is 2. The summed E-state index contributed by atoms with van der Waals surface area (Å²) in [7, 11) is 0. The molecule has 0 heterocycles. The van der Waals surface area contributed by atoms with Crippen molar-refractivity contribution in [1.29, 1.82) is 0 Å². The maximum atomic E-state index is 10.4. The normalized spacial score (nSPS) is 8.55. The van der Waals surface area contributed by atoms with Crippen molar-refractivity contribution < 1.29 is 4.79 Å². The van der Waals surface area contributed by atoms with Gasteiger partial charge in [-0.3, -0.25) is 4.79 Å². The zero-order chi connectivity index (χ0) is 8.85. The van der Waals surface area contributed by atoms with E-state index in [4.69, 9.17) is 23.8 Å². The molecule has 0 aliphatic heterocycles. The molecule has 0 aromatic heterocycles. The maximum absolute atomic E-state index is 10.4.